The van der Waals surface area contributed by atoms with Crippen LogP contribution in [0.2, 0.25) is 5.02 Å². The van der Waals surface area contributed by atoms with Crippen LogP contribution in [0.1, 0.15) is 44.2 Å². The number of nitrogens with zero attached hydrogens (tertiary/aromatic N) is 2. The van der Waals surface area contributed by atoms with E-state index in [1.807, 2.05) is 12.1 Å². The van der Waals surface area contributed by atoms with Crippen LogP contribution >= 0.6 is 11.6 Å². The van der Waals surface area contributed by atoms with Crippen LogP contribution in [0.4, 0.5) is 5.69 Å². The van der Waals surface area contributed by atoms with Gasteiger partial charge in [0, 0.05) is 18.5 Å². The number of amidine groups is 1. The molecular weight excluding hydrogens is 232 g/mol. The third-order valence-electron chi connectivity index (χ3n) is 3.81. The van der Waals surface area contributed by atoms with E-state index in [0.717, 1.165) is 23.7 Å². The van der Waals surface area contributed by atoms with E-state index in [2.05, 4.69) is 17.9 Å². The van der Waals surface area contributed by atoms with Gasteiger partial charge in [-0.3, -0.25) is 0 Å². The van der Waals surface area contributed by atoms with Crippen molar-refractivity contribution in [2.75, 3.05) is 6.54 Å². The van der Waals surface area contributed by atoms with Gasteiger partial charge >= 0.3 is 0 Å². The van der Waals surface area contributed by atoms with Gasteiger partial charge in [0.05, 0.1) is 16.8 Å². The van der Waals surface area contributed by atoms with Crippen molar-refractivity contribution in [2.45, 2.75) is 38.6 Å². The lowest BCUT2D eigenvalue weighted by atomic mass is 10.0. The Morgan fingerprint density at radius 2 is 2.18 bits per heavy atom. The summed E-state index contributed by atoms with van der Waals surface area (Å²) in [6.07, 6.45) is 4.93. The summed E-state index contributed by atoms with van der Waals surface area (Å²) < 4.78 is 0. The Kier molecular flexibility index (Phi) is 2.83. The normalized spacial score (nSPS) is 23.5. The molecule has 1 saturated heterocycles. The molecule has 3 rings (SSSR count). The van der Waals surface area contributed by atoms with Crippen molar-refractivity contribution >= 4 is 23.1 Å². The zero-order chi connectivity index (χ0) is 11.8. The molecule has 0 N–H and O–H groups in total. The molecule has 90 valence electrons. The molecular formula is C14H17ClN2. The van der Waals surface area contributed by atoms with Crippen molar-refractivity contribution in [1.82, 2.24) is 4.90 Å². The van der Waals surface area contributed by atoms with Gasteiger partial charge in [-0.15, -0.1) is 0 Å². The molecule has 0 aliphatic carbocycles. The largest absolute Gasteiger partial charge is 0.353 e. The monoisotopic (exact) mass is 248 g/mol. The molecule has 1 atom stereocenters. The van der Waals surface area contributed by atoms with E-state index in [-0.39, 0.29) is 0 Å². The highest BCUT2D eigenvalue weighted by molar-refractivity contribution is 6.33. The second kappa shape index (κ2) is 4.34. The molecule has 2 heterocycles. The molecule has 0 radical (unpaired) electrons. The summed E-state index contributed by atoms with van der Waals surface area (Å²) in [7, 11) is 0. The van der Waals surface area contributed by atoms with Crippen molar-refractivity contribution in [3.05, 3.63) is 28.8 Å². The van der Waals surface area contributed by atoms with E-state index in [4.69, 9.17) is 16.6 Å². The molecule has 1 aromatic carbocycles. The number of hydrogen-bond acceptors (Lipinski definition) is 2. The number of fused-ring (bicyclic) bond motifs is 2. The fraction of sp³-hybridized carbons (Fsp3) is 0.500. The number of aliphatic imine (C=N–C) groups is 1. The molecule has 0 spiro atoms. The van der Waals surface area contributed by atoms with E-state index in [9.17, 15) is 0 Å². The van der Waals surface area contributed by atoms with E-state index in [1.165, 1.54) is 30.7 Å². The number of para-hydroxylation sites is 1. The van der Waals surface area contributed by atoms with Crippen LogP contribution in [0.15, 0.2) is 23.2 Å². The first kappa shape index (κ1) is 11.1. The van der Waals surface area contributed by atoms with Gasteiger partial charge in [0.1, 0.15) is 5.84 Å². The Hall–Kier alpha value is -1.02. The Morgan fingerprint density at radius 3 is 3.06 bits per heavy atom. The van der Waals surface area contributed by atoms with Crippen LogP contribution < -0.4 is 0 Å². The molecule has 0 bridgehead atoms. The van der Waals surface area contributed by atoms with Gasteiger partial charge in [0.15, 0.2) is 0 Å². The summed E-state index contributed by atoms with van der Waals surface area (Å²) in [6.45, 7) is 3.39. The predicted molar refractivity (Wildman–Crippen MR) is 72.1 cm³/mol. The van der Waals surface area contributed by atoms with Gasteiger partial charge in [-0.1, -0.05) is 30.2 Å². The maximum Gasteiger partial charge on any atom is 0.105 e. The maximum atomic E-state index is 6.25. The highest BCUT2D eigenvalue weighted by Crippen LogP contribution is 2.40. The van der Waals surface area contributed by atoms with Crippen molar-refractivity contribution in [1.29, 1.82) is 0 Å². The quantitative estimate of drug-likeness (QED) is 0.668. The summed E-state index contributed by atoms with van der Waals surface area (Å²) in [6, 6.07) is 6.52. The van der Waals surface area contributed by atoms with Crippen LogP contribution in [-0.2, 0) is 0 Å². The average Bonchev–Trinajstić information content (AvgIpc) is 2.56. The Balaban J connectivity index is 2.10. The average molecular weight is 249 g/mol. The van der Waals surface area contributed by atoms with Crippen molar-refractivity contribution < 1.29 is 0 Å². The second-order valence-corrected chi connectivity index (χ2v) is 5.29. The minimum Gasteiger partial charge on any atom is -0.353 e. The van der Waals surface area contributed by atoms with E-state index in [0.29, 0.717) is 6.04 Å². The molecule has 0 aromatic heterocycles. The molecule has 3 heteroatoms. The van der Waals surface area contributed by atoms with Gasteiger partial charge in [0.25, 0.3) is 0 Å². The molecule has 2 aliphatic heterocycles. The van der Waals surface area contributed by atoms with Gasteiger partial charge in [-0.2, -0.15) is 0 Å². The van der Waals surface area contributed by atoms with E-state index in [1.54, 1.807) is 0 Å². The van der Waals surface area contributed by atoms with Crippen molar-refractivity contribution in [3.63, 3.8) is 0 Å². The molecule has 2 nitrogen and oxygen atoms in total. The van der Waals surface area contributed by atoms with Crippen LogP contribution in [-0.4, -0.2) is 17.3 Å². The summed E-state index contributed by atoms with van der Waals surface area (Å²) in [5.74, 6) is 1.23. The first-order valence-corrected chi connectivity index (χ1v) is 6.78. The summed E-state index contributed by atoms with van der Waals surface area (Å²) in [5.41, 5.74) is 2.26. The lowest BCUT2D eigenvalue weighted by molar-refractivity contribution is 0.329. The highest BCUT2D eigenvalue weighted by Gasteiger charge is 2.28. The third kappa shape index (κ3) is 1.85. The minimum atomic E-state index is 0.411. The zero-order valence-corrected chi connectivity index (χ0v) is 10.9. The summed E-state index contributed by atoms with van der Waals surface area (Å²) in [4.78, 5) is 7.24. The van der Waals surface area contributed by atoms with Crippen molar-refractivity contribution in [2.24, 2.45) is 4.99 Å². The van der Waals surface area contributed by atoms with E-state index < -0.39 is 0 Å². The molecule has 1 aromatic rings. The number of halogens is 1. The zero-order valence-electron chi connectivity index (χ0n) is 10.1. The molecule has 0 saturated carbocycles. The number of rotatable bonds is 0. The highest BCUT2D eigenvalue weighted by atomic mass is 35.5. The topological polar surface area (TPSA) is 15.6 Å². The Labute approximate surface area is 107 Å². The smallest absolute Gasteiger partial charge is 0.105 e. The SMILES string of the molecule is CC1c2cccc(Cl)c2N=C2CCCCCN21. The molecule has 0 amide bonds. The van der Waals surface area contributed by atoms with Gasteiger partial charge in [0.2, 0.25) is 0 Å². The standard InChI is InChI=1S/C14H17ClN2/c1-10-11-6-5-7-12(15)14(11)16-13-8-3-2-4-9-17(10)13/h5-7,10H,2-4,8-9H2,1H3. The Morgan fingerprint density at radius 1 is 1.29 bits per heavy atom. The lowest BCUT2D eigenvalue weighted by Gasteiger charge is -2.35. The summed E-state index contributed by atoms with van der Waals surface area (Å²) >= 11 is 6.25. The first-order valence-electron chi connectivity index (χ1n) is 6.40. The van der Waals surface area contributed by atoms with Gasteiger partial charge in [-0.25, -0.2) is 4.99 Å². The molecule has 17 heavy (non-hydrogen) atoms. The number of benzene rings is 1. The lowest BCUT2D eigenvalue weighted by Crippen LogP contribution is -2.35. The van der Waals surface area contributed by atoms with Crippen LogP contribution in [0.3, 0.4) is 0 Å². The molecule has 1 unspecified atom stereocenters. The molecule has 2 aliphatic rings. The van der Waals surface area contributed by atoms with Crippen LogP contribution in [0.5, 0.6) is 0 Å². The fourth-order valence-corrected chi connectivity index (χ4v) is 3.06. The number of hydrogen-bond donors (Lipinski definition) is 0. The Bertz CT molecular complexity index is 467. The van der Waals surface area contributed by atoms with Crippen LogP contribution in [0, 0.1) is 0 Å². The maximum absolute atomic E-state index is 6.25. The fourth-order valence-electron chi connectivity index (χ4n) is 2.84. The second-order valence-electron chi connectivity index (χ2n) is 4.89. The molecule has 1 fully saturated rings. The van der Waals surface area contributed by atoms with Gasteiger partial charge in [-0.05, 0) is 25.8 Å². The van der Waals surface area contributed by atoms with E-state index >= 15 is 0 Å². The summed E-state index contributed by atoms with van der Waals surface area (Å²) in [5, 5.41) is 0.783. The van der Waals surface area contributed by atoms with Crippen LogP contribution in [0.25, 0.3) is 0 Å². The predicted octanol–water partition coefficient (Wildman–Crippen LogP) is 4.32. The van der Waals surface area contributed by atoms with Crippen molar-refractivity contribution in [3.8, 4) is 0 Å². The first-order chi connectivity index (χ1) is 8.27. The van der Waals surface area contributed by atoms with Gasteiger partial charge < -0.3 is 4.90 Å². The minimum absolute atomic E-state index is 0.411. The third-order valence-corrected chi connectivity index (χ3v) is 4.11.